The minimum atomic E-state index is 0.114. The number of carbonyl (C=O) groups excluding carboxylic acids is 1. The van der Waals surface area contributed by atoms with Crippen molar-refractivity contribution in [2.75, 3.05) is 47.8 Å². The lowest BCUT2D eigenvalue weighted by atomic mass is 10.1. The number of rotatable bonds is 8. The Morgan fingerprint density at radius 1 is 1.00 bits per heavy atom. The lowest BCUT2D eigenvalue weighted by Crippen LogP contribution is -2.35. The molecule has 1 amide bonds. The molecule has 1 aliphatic rings. The second-order valence-electron chi connectivity index (χ2n) is 6.69. The minimum absolute atomic E-state index is 0.114. The van der Waals surface area contributed by atoms with Crippen LogP contribution in [0.3, 0.4) is 0 Å². The minimum Gasteiger partial charge on any atom is -0.340 e. The fourth-order valence-electron chi connectivity index (χ4n) is 2.49. The van der Waals surface area contributed by atoms with E-state index in [2.05, 4.69) is 43.1 Å². The van der Waals surface area contributed by atoms with Gasteiger partial charge in [0.05, 0.1) is 0 Å². The molecular formula is C18H29N3O. The molecule has 0 aromatic heterocycles. The largest absolute Gasteiger partial charge is 0.340 e. The second-order valence-corrected chi connectivity index (χ2v) is 6.69. The lowest BCUT2D eigenvalue weighted by molar-refractivity contribution is 0.0781. The van der Waals surface area contributed by atoms with E-state index in [9.17, 15) is 4.79 Å². The highest BCUT2D eigenvalue weighted by Gasteiger charge is 2.26. The molecule has 0 unspecified atom stereocenters. The van der Waals surface area contributed by atoms with Crippen molar-refractivity contribution in [3.05, 3.63) is 35.4 Å². The predicted octanol–water partition coefficient (Wildman–Crippen LogP) is 1.96. The molecule has 4 heteroatoms. The summed E-state index contributed by atoms with van der Waals surface area (Å²) in [5.41, 5.74) is 2.06. The molecule has 2 rings (SSSR count). The van der Waals surface area contributed by atoms with Gasteiger partial charge in [-0.2, -0.15) is 0 Å². The zero-order chi connectivity index (χ0) is 16.1. The third-order valence-corrected chi connectivity index (χ3v) is 4.35. The third kappa shape index (κ3) is 5.11. The molecule has 1 aromatic carbocycles. The van der Waals surface area contributed by atoms with Gasteiger partial charge in [-0.15, -0.1) is 0 Å². The van der Waals surface area contributed by atoms with Crippen LogP contribution in [0, 0.1) is 0 Å². The number of hydrogen-bond acceptors (Lipinski definition) is 3. The molecule has 1 aliphatic carbocycles. The molecule has 22 heavy (non-hydrogen) atoms. The zero-order valence-corrected chi connectivity index (χ0v) is 14.4. The van der Waals surface area contributed by atoms with Crippen molar-refractivity contribution in [1.82, 2.24) is 14.7 Å². The Labute approximate surface area is 134 Å². The van der Waals surface area contributed by atoms with Gasteiger partial charge in [0.25, 0.3) is 5.91 Å². The van der Waals surface area contributed by atoms with E-state index < -0.39 is 0 Å². The molecular weight excluding hydrogens is 274 g/mol. The summed E-state index contributed by atoms with van der Waals surface area (Å²) >= 11 is 0. The standard InChI is InChI=1S/C18H29N3O/c1-19(2)12-11-15-5-7-16(8-6-15)18(22)21(4)14-13-20(3)17-9-10-17/h5-8,17H,9-14H2,1-4H3. The summed E-state index contributed by atoms with van der Waals surface area (Å²) in [6.45, 7) is 2.77. The maximum absolute atomic E-state index is 12.4. The molecule has 0 N–H and O–H groups in total. The monoisotopic (exact) mass is 303 g/mol. The number of carbonyl (C=O) groups is 1. The van der Waals surface area contributed by atoms with E-state index in [1.165, 1.54) is 18.4 Å². The van der Waals surface area contributed by atoms with Crippen molar-refractivity contribution in [2.45, 2.75) is 25.3 Å². The summed E-state index contributed by atoms with van der Waals surface area (Å²) < 4.78 is 0. The van der Waals surface area contributed by atoms with Gasteiger partial charge < -0.3 is 14.7 Å². The van der Waals surface area contributed by atoms with Crippen LogP contribution in [0.1, 0.15) is 28.8 Å². The van der Waals surface area contributed by atoms with Crippen molar-refractivity contribution >= 4 is 5.91 Å². The number of hydrogen-bond donors (Lipinski definition) is 0. The molecule has 0 saturated heterocycles. The summed E-state index contributed by atoms with van der Waals surface area (Å²) in [4.78, 5) is 18.8. The molecule has 0 radical (unpaired) electrons. The van der Waals surface area contributed by atoms with Gasteiger partial charge in [-0.25, -0.2) is 0 Å². The molecule has 0 bridgehead atoms. The topological polar surface area (TPSA) is 26.8 Å². The van der Waals surface area contributed by atoms with Gasteiger partial charge in [-0.05, 0) is 58.1 Å². The highest BCUT2D eigenvalue weighted by molar-refractivity contribution is 5.94. The first-order valence-corrected chi connectivity index (χ1v) is 8.16. The van der Waals surface area contributed by atoms with Gasteiger partial charge in [0.2, 0.25) is 0 Å². The van der Waals surface area contributed by atoms with Crippen molar-refractivity contribution in [3.8, 4) is 0 Å². The predicted molar refractivity (Wildman–Crippen MR) is 91.3 cm³/mol. The second kappa shape index (κ2) is 7.75. The lowest BCUT2D eigenvalue weighted by Gasteiger charge is -2.22. The maximum Gasteiger partial charge on any atom is 0.253 e. The van der Waals surface area contributed by atoms with Gasteiger partial charge in [-0.3, -0.25) is 4.79 Å². The maximum atomic E-state index is 12.4. The average Bonchev–Trinajstić information content (AvgIpc) is 3.34. The van der Waals surface area contributed by atoms with Crippen molar-refractivity contribution in [1.29, 1.82) is 0 Å². The normalized spacial score (nSPS) is 14.6. The molecule has 0 heterocycles. The van der Waals surface area contributed by atoms with Crippen LogP contribution < -0.4 is 0 Å². The fourth-order valence-corrected chi connectivity index (χ4v) is 2.49. The summed E-state index contributed by atoms with van der Waals surface area (Å²) in [7, 11) is 8.19. The van der Waals surface area contributed by atoms with Crippen molar-refractivity contribution in [2.24, 2.45) is 0 Å². The number of likely N-dealkylation sites (N-methyl/N-ethyl adjacent to an activating group) is 3. The zero-order valence-electron chi connectivity index (χ0n) is 14.4. The molecule has 122 valence electrons. The first-order chi connectivity index (χ1) is 10.5. The molecule has 1 aromatic rings. The van der Waals surface area contributed by atoms with Crippen LogP contribution in [0.15, 0.2) is 24.3 Å². The van der Waals surface area contributed by atoms with Crippen LogP contribution in [0.2, 0.25) is 0 Å². The summed E-state index contributed by atoms with van der Waals surface area (Å²) in [5.74, 6) is 0.114. The Morgan fingerprint density at radius 3 is 2.18 bits per heavy atom. The van der Waals surface area contributed by atoms with Gasteiger partial charge in [-0.1, -0.05) is 12.1 Å². The van der Waals surface area contributed by atoms with Crippen LogP contribution >= 0.6 is 0 Å². The van der Waals surface area contributed by atoms with Gasteiger partial charge >= 0.3 is 0 Å². The van der Waals surface area contributed by atoms with Crippen molar-refractivity contribution < 1.29 is 4.79 Å². The smallest absolute Gasteiger partial charge is 0.253 e. The Hall–Kier alpha value is -1.39. The van der Waals surface area contributed by atoms with Gasteiger partial charge in [0.1, 0.15) is 0 Å². The number of nitrogens with zero attached hydrogens (tertiary/aromatic N) is 3. The van der Waals surface area contributed by atoms with Crippen molar-refractivity contribution in [3.63, 3.8) is 0 Å². The Morgan fingerprint density at radius 2 is 1.64 bits per heavy atom. The highest BCUT2D eigenvalue weighted by atomic mass is 16.2. The first kappa shape index (κ1) is 17.0. The molecule has 0 aliphatic heterocycles. The molecule has 1 fully saturated rings. The van der Waals surface area contributed by atoms with E-state index >= 15 is 0 Å². The fraction of sp³-hybridized carbons (Fsp3) is 0.611. The van der Waals surface area contributed by atoms with Crippen LogP contribution in [-0.4, -0.2) is 74.5 Å². The van der Waals surface area contributed by atoms with E-state index in [4.69, 9.17) is 0 Å². The quantitative estimate of drug-likeness (QED) is 0.734. The van der Waals surface area contributed by atoms with E-state index in [0.29, 0.717) is 0 Å². The molecule has 1 saturated carbocycles. The van der Waals surface area contributed by atoms with Gasteiger partial charge in [0.15, 0.2) is 0 Å². The van der Waals surface area contributed by atoms with Crippen LogP contribution in [0.25, 0.3) is 0 Å². The summed E-state index contributed by atoms with van der Waals surface area (Å²) in [6, 6.07) is 8.80. The molecule has 0 spiro atoms. The molecule has 4 nitrogen and oxygen atoms in total. The van der Waals surface area contributed by atoms with E-state index in [0.717, 1.165) is 37.7 Å². The highest BCUT2D eigenvalue weighted by Crippen LogP contribution is 2.24. The van der Waals surface area contributed by atoms with E-state index in [-0.39, 0.29) is 5.91 Å². The number of amides is 1. The Kier molecular flexibility index (Phi) is 5.98. The summed E-state index contributed by atoms with van der Waals surface area (Å²) in [6.07, 6.45) is 3.63. The first-order valence-electron chi connectivity index (χ1n) is 8.16. The third-order valence-electron chi connectivity index (χ3n) is 4.35. The van der Waals surface area contributed by atoms with Crippen LogP contribution in [0.5, 0.6) is 0 Å². The Balaban J connectivity index is 1.82. The van der Waals surface area contributed by atoms with Gasteiger partial charge in [0, 0.05) is 38.3 Å². The summed E-state index contributed by atoms with van der Waals surface area (Å²) in [5, 5.41) is 0. The Bertz CT molecular complexity index is 480. The SMILES string of the molecule is CN(C)CCc1ccc(C(=O)N(C)CCN(C)C2CC2)cc1. The number of benzene rings is 1. The van der Waals surface area contributed by atoms with E-state index in [1.54, 1.807) is 0 Å². The van der Waals surface area contributed by atoms with E-state index in [1.807, 2.05) is 24.1 Å². The average molecular weight is 303 g/mol. The van der Waals surface area contributed by atoms with Crippen LogP contribution in [-0.2, 0) is 6.42 Å². The molecule has 0 atom stereocenters. The van der Waals surface area contributed by atoms with Crippen LogP contribution in [0.4, 0.5) is 0 Å².